The number of Topliss-reactive ketones (excluding diaryl/α,β-unsaturated/α-hetero) is 2. The summed E-state index contributed by atoms with van der Waals surface area (Å²) in [4.78, 5) is 59.7. The predicted molar refractivity (Wildman–Crippen MR) is 249 cm³/mol. The number of hydrogen-bond donors (Lipinski definition) is 2. The molecule has 64 heavy (non-hydrogen) atoms. The first kappa shape index (κ1) is 54.0. The van der Waals surface area contributed by atoms with Gasteiger partial charge in [-0.2, -0.15) is 0 Å². The van der Waals surface area contributed by atoms with E-state index < -0.39 is 92.2 Å². The van der Waals surface area contributed by atoms with E-state index in [1.807, 2.05) is 26.8 Å². The molecule has 14 atom stereocenters. The first-order valence-corrected chi connectivity index (χ1v) is 26.7. The molecule has 1 amide bonds. The van der Waals surface area contributed by atoms with E-state index in [9.17, 15) is 29.4 Å². The van der Waals surface area contributed by atoms with Crippen molar-refractivity contribution in [2.24, 2.45) is 29.6 Å². The number of carbonyl (C=O) groups is 4. The van der Waals surface area contributed by atoms with Crippen LogP contribution in [0.15, 0.2) is 36.0 Å². The zero-order valence-electron chi connectivity index (χ0n) is 41.4. The number of allylic oxidation sites excluding steroid dienone is 4. The Hall–Kier alpha value is -2.56. The fourth-order valence-corrected chi connectivity index (χ4v) is 11.5. The van der Waals surface area contributed by atoms with Gasteiger partial charge in [0, 0.05) is 52.0 Å². The van der Waals surface area contributed by atoms with Crippen LogP contribution in [-0.4, -0.2) is 129 Å². The highest BCUT2D eigenvalue weighted by Gasteiger charge is 2.57. The van der Waals surface area contributed by atoms with Gasteiger partial charge in [0.15, 0.2) is 8.32 Å². The molecule has 4 aliphatic rings. The number of ketones is 2. The fourth-order valence-electron chi connectivity index (χ4n) is 10.1. The molecule has 0 aromatic carbocycles. The zero-order valence-corrected chi connectivity index (χ0v) is 42.4. The minimum Gasteiger partial charge on any atom is -0.456 e. The lowest BCUT2D eigenvalue weighted by Crippen LogP contribution is -2.64. The molecule has 1 aliphatic carbocycles. The maximum atomic E-state index is 14.8. The lowest BCUT2D eigenvalue weighted by Gasteiger charge is -2.47. The van der Waals surface area contributed by atoms with Crippen molar-refractivity contribution in [3.05, 3.63) is 36.0 Å². The van der Waals surface area contributed by atoms with Crippen molar-refractivity contribution in [3.63, 3.8) is 0 Å². The molecule has 14 heteroatoms. The van der Waals surface area contributed by atoms with Crippen molar-refractivity contribution in [1.82, 2.24) is 4.90 Å². The molecule has 13 nitrogen and oxygen atoms in total. The van der Waals surface area contributed by atoms with E-state index in [0.29, 0.717) is 51.4 Å². The Morgan fingerprint density at radius 2 is 1.58 bits per heavy atom. The molecule has 2 N–H and O–H groups in total. The Morgan fingerprint density at radius 1 is 0.938 bits per heavy atom. The summed E-state index contributed by atoms with van der Waals surface area (Å²) in [6.45, 7) is 24.5. The first-order chi connectivity index (χ1) is 29.9. The molecule has 2 bridgehead atoms. The van der Waals surface area contributed by atoms with Gasteiger partial charge in [-0.15, -0.1) is 6.58 Å². The Bertz CT molecular complexity index is 1690. The quantitative estimate of drug-likeness (QED) is 0.100. The van der Waals surface area contributed by atoms with Gasteiger partial charge in [0.25, 0.3) is 11.7 Å². The average molecular weight is 918 g/mol. The number of amides is 1. The number of hydrogen-bond acceptors (Lipinski definition) is 12. The monoisotopic (exact) mass is 918 g/mol. The second-order valence-electron chi connectivity index (χ2n) is 21.1. The van der Waals surface area contributed by atoms with E-state index in [-0.39, 0.29) is 54.6 Å². The van der Waals surface area contributed by atoms with Crippen LogP contribution < -0.4 is 0 Å². The topological polar surface area (TPSA) is 167 Å². The van der Waals surface area contributed by atoms with Crippen LogP contribution in [0.3, 0.4) is 0 Å². The molecular weight excluding hydrogens is 835 g/mol. The molecule has 0 aromatic rings. The van der Waals surface area contributed by atoms with Gasteiger partial charge in [-0.1, -0.05) is 65.3 Å². The van der Waals surface area contributed by atoms with Gasteiger partial charge in [-0.3, -0.25) is 14.4 Å². The van der Waals surface area contributed by atoms with Gasteiger partial charge in [0.1, 0.15) is 24.0 Å². The summed E-state index contributed by atoms with van der Waals surface area (Å²) in [6, 6.07) is -1.12. The van der Waals surface area contributed by atoms with Crippen molar-refractivity contribution >= 4 is 31.8 Å². The van der Waals surface area contributed by atoms with Crippen LogP contribution in [0.2, 0.25) is 18.1 Å². The molecule has 3 fully saturated rings. The highest BCUT2D eigenvalue weighted by Crippen LogP contribution is 2.42. The number of fused-ring (bicyclic) bond motifs is 3. The number of piperidine rings is 1. The summed E-state index contributed by atoms with van der Waals surface area (Å²) >= 11 is 0. The largest absolute Gasteiger partial charge is 0.456 e. The number of carbonyl (C=O) groups excluding carboxylic acids is 4. The van der Waals surface area contributed by atoms with Gasteiger partial charge in [0.2, 0.25) is 5.79 Å². The van der Waals surface area contributed by atoms with E-state index >= 15 is 0 Å². The maximum absolute atomic E-state index is 14.8. The summed E-state index contributed by atoms with van der Waals surface area (Å²) in [5.74, 6) is -7.14. The number of ether oxygens (including phenoxy) is 5. The van der Waals surface area contributed by atoms with Crippen molar-refractivity contribution in [1.29, 1.82) is 0 Å². The second kappa shape index (κ2) is 23.0. The van der Waals surface area contributed by atoms with Gasteiger partial charge in [-0.05, 0) is 114 Å². The standard InChI is InChI=1S/C50H83NO12Si/c1-15-18-36-24-30(2)23-31(3)25-42(59-11)45-43(60-12)27-33(5)50(57,62-45)46(54)47(55)51-22-17-16-19-37(51)48(56)61-44(32(4)26-35-20-21-38(52)41(28-35)58-10)34(6)40(29-39(36)53)63-64(13,14)49(7,8)9/h15,24,26,31,33-38,40-45,52,57H,1,16-23,25,27-29H2,2-14H3/b30-24+,32-26+/t31-,33+,34+,35-,36+,37?,38+,40-,41+,42-,43-,44+,45+,50+/m0/s1. The maximum Gasteiger partial charge on any atom is 0.329 e. The molecule has 2 saturated heterocycles. The van der Waals surface area contributed by atoms with E-state index in [1.165, 1.54) is 4.90 Å². The molecule has 0 radical (unpaired) electrons. The number of nitrogens with zero attached hydrogens (tertiary/aromatic N) is 1. The van der Waals surface area contributed by atoms with Crippen molar-refractivity contribution in [2.45, 2.75) is 199 Å². The lowest BCUT2D eigenvalue weighted by atomic mass is 9.81. The Labute approximate surface area is 385 Å². The van der Waals surface area contributed by atoms with E-state index in [2.05, 4.69) is 53.4 Å². The minimum atomic E-state index is -2.55. The van der Waals surface area contributed by atoms with Crippen LogP contribution >= 0.6 is 0 Å². The summed E-state index contributed by atoms with van der Waals surface area (Å²) in [5.41, 5.74) is 1.77. The molecule has 0 aromatic heterocycles. The van der Waals surface area contributed by atoms with E-state index in [0.717, 1.165) is 11.1 Å². The van der Waals surface area contributed by atoms with Gasteiger partial charge in [0.05, 0.1) is 30.5 Å². The van der Waals surface area contributed by atoms with Crippen LogP contribution in [-0.2, 0) is 47.3 Å². The summed E-state index contributed by atoms with van der Waals surface area (Å²) in [6.07, 6.45) is 6.43. The SMILES string of the molecule is C=CC[C@@H]1/C=C(\C)C[C@H](C)C[C@H](OC)[C@H]2O[C@@](O)(C(=O)C(=O)N3CCCCC3C(=O)O[C@H](/C(C)=C/[C@@H]3CC[C@@H](O)[C@H](OC)C3)[C@H](C)[C@@H](O[Si](C)(C)C(C)(C)C)CC1=O)[C@H](C)C[C@@H]2OC. The van der Waals surface area contributed by atoms with Crippen LogP contribution in [0.5, 0.6) is 0 Å². The smallest absolute Gasteiger partial charge is 0.329 e. The van der Waals surface area contributed by atoms with Gasteiger partial charge in [-0.25, -0.2) is 4.79 Å². The summed E-state index contributed by atoms with van der Waals surface area (Å²) in [5, 5.41) is 22.6. The first-order valence-electron chi connectivity index (χ1n) is 23.8. The Morgan fingerprint density at radius 3 is 2.19 bits per heavy atom. The van der Waals surface area contributed by atoms with Crippen molar-refractivity contribution in [3.8, 4) is 0 Å². The number of cyclic esters (lactones) is 1. The highest BCUT2D eigenvalue weighted by atomic mass is 28.4. The van der Waals surface area contributed by atoms with Crippen LogP contribution in [0.4, 0.5) is 0 Å². The number of methoxy groups -OCH3 is 3. The van der Waals surface area contributed by atoms with Crippen molar-refractivity contribution in [2.75, 3.05) is 27.9 Å². The van der Waals surface area contributed by atoms with Crippen LogP contribution in [0.1, 0.15) is 126 Å². The summed E-state index contributed by atoms with van der Waals surface area (Å²) < 4.78 is 37.6. The number of aliphatic hydroxyl groups is 2. The molecule has 1 unspecified atom stereocenters. The average Bonchev–Trinajstić information content (AvgIpc) is 3.23. The summed E-state index contributed by atoms with van der Waals surface area (Å²) in [7, 11) is 2.14. The molecular formula is C50H83NO12Si. The van der Waals surface area contributed by atoms with E-state index in [1.54, 1.807) is 34.3 Å². The normalized spacial score (nSPS) is 38.4. The van der Waals surface area contributed by atoms with Gasteiger partial charge < -0.3 is 43.2 Å². The molecule has 3 heterocycles. The van der Waals surface area contributed by atoms with Gasteiger partial charge >= 0.3 is 5.97 Å². The minimum absolute atomic E-state index is 0.00597. The molecule has 0 spiro atoms. The van der Waals surface area contributed by atoms with Crippen LogP contribution in [0.25, 0.3) is 0 Å². The third kappa shape index (κ3) is 12.9. The molecule has 364 valence electrons. The molecule has 3 aliphatic heterocycles. The lowest BCUT2D eigenvalue weighted by molar-refractivity contribution is -0.302. The third-order valence-electron chi connectivity index (χ3n) is 15.1. The zero-order chi connectivity index (χ0) is 47.9. The fraction of sp³-hybridized carbons (Fsp3) is 0.800. The van der Waals surface area contributed by atoms with Crippen molar-refractivity contribution < 1.29 is 57.5 Å². The van der Waals surface area contributed by atoms with E-state index in [4.69, 9.17) is 28.1 Å². The molecule has 4 rings (SSSR count). The number of esters is 1. The second-order valence-corrected chi connectivity index (χ2v) is 25.9. The highest BCUT2D eigenvalue weighted by molar-refractivity contribution is 6.74. The Kier molecular flexibility index (Phi) is 19.4. The number of rotatable bonds is 9. The number of aliphatic hydroxyl groups excluding tert-OH is 1. The van der Waals surface area contributed by atoms with Crippen LogP contribution in [0, 0.1) is 29.6 Å². The Balaban J connectivity index is 1.90. The third-order valence-corrected chi connectivity index (χ3v) is 19.6. The predicted octanol–water partition coefficient (Wildman–Crippen LogP) is 7.67. The molecule has 1 saturated carbocycles.